The number of aromatic amines is 1. The first-order valence-electron chi connectivity index (χ1n) is 13.2. The van der Waals surface area contributed by atoms with Crippen molar-refractivity contribution in [2.75, 3.05) is 48.8 Å². The quantitative estimate of drug-likeness (QED) is 0.265. The van der Waals surface area contributed by atoms with E-state index in [2.05, 4.69) is 19.8 Å². The average Bonchev–Trinajstić information content (AvgIpc) is 3.47. The molecule has 206 valence electrons. The molecule has 3 heterocycles. The maximum absolute atomic E-state index is 15.7. The lowest BCUT2D eigenvalue weighted by Gasteiger charge is -2.29. The van der Waals surface area contributed by atoms with Crippen LogP contribution in [-0.2, 0) is 15.7 Å². The Morgan fingerprint density at radius 1 is 1.10 bits per heavy atom. The first kappa shape index (κ1) is 26.1. The summed E-state index contributed by atoms with van der Waals surface area (Å²) in [6.07, 6.45) is 2.49. The zero-order valence-corrected chi connectivity index (χ0v) is 23.1. The first-order chi connectivity index (χ1) is 19.6. The number of benzene rings is 3. The number of anilines is 2. The van der Waals surface area contributed by atoms with Crippen LogP contribution in [0, 0.1) is 5.82 Å². The second-order valence-electron chi connectivity index (χ2n) is 9.50. The fourth-order valence-corrected chi connectivity index (χ4v) is 5.86. The number of aromatic nitrogens is 4. The average molecular weight is 561 g/mol. The van der Waals surface area contributed by atoms with E-state index in [1.165, 1.54) is 0 Å². The third-order valence-corrected chi connectivity index (χ3v) is 8.15. The van der Waals surface area contributed by atoms with Crippen molar-refractivity contribution in [3.8, 4) is 28.3 Å². The number of methoxy groups -OCH3 is 1. The molecule has 1 unspecified atom stereocenters. The molecule has 0 bridgehead atoms. The van der Waals surface area contributed by atoms with E-state index >= 15 is 4.39 Å². The number of nitrogens with zero attached hydrogens (tertiary/aromatic N) is 4. The van der Waals surface area contributed by atoms with Gasteiger partial charge in [0.15, 0.2) is 11.6 Å². The van der Waals surface area contributed by atoms with Gasteiger partial charge in [0.05, 0.1) is 37.7 Å². The molecular weight excluding hydrogens is 531 g/mol. The summed E-state index contributed by atoms with van der Waals surface area (Å²) in [4.78, 5) is 12.2. The van der Waals surface area contributed by atoms with Crippen LogP contribution in [0.3, 0.4) is 0 Å². The van der Waals surface area contributed by atoms with E-state index in [1.807, 2.05) is 31.2 Å². The Labute approximate surface area is 233 Å². The Bertz CT molecular complexity index is 1720. The molecule has 40 heavy (non-hydrogen) atoms. The molecule has 1 aliphatic rings. The van der Waals surface area contributed by atoms with Crippen molar-refractivity contribution < 1.29 is 18.1 Å². The Balaban J connectivity index is 1.55. The molecule has 0 spiro atoms. The van der Waals surface area contributed by atoms with Gasteiger partial charge in [-0.3, -0.25) is 5.10 Å². The molecule has 0 aliphatic carbocycles. The van der Waals surface area contributed by atoms with Crippen molar-refractivity contribution >= 4 is 44.3 Å². The predicted molar refractivity (Wildman–Crippen MR) is 157 cm³/mol. The number of nitrogens with one attached hydrogen (secondary N) is 2. The molecule has 11 heteroatoms. The van der Waals surface area contributed by atoms with E-state index in [0.29, 0.717) is 60.3 Å². The number of H-pyrrole nitrogens is 1. The fraction of sp³-hybridized carbons (Fsp3) is 0.276. The van der Waals surface area contributed by atoms with E-state index in [4.69, 9.17) is 19.4 Å². The van der Waals surface area contributed by atoms with Gasteiger partial charge in [-0.25, -0.2) is 18.6 Å². The third kappa shape index (κ3) is 4.86. The van der Waals surface area contributed by atoms with Crippen LogP contribution in [0.2, 0.25) is 0 Å². The molecule has 0 saturated carbocycles. The van der Waals surface area contributed by atoms with Crippen molar-refractivity contribution in [3.63, 3.8) is 0 Å². The zero-order chi connectivity index (χ0) is 27.6. The Hall–Kier alpha value is -4.09. The largest absolute Gasteiger partial charge is 0.494 e. The zero-order valence-electron chi connectivity index (χ0n) is 22.2. The minimum atomic E-state index is -1.37. The van der Waals surface area contributed by atoms with E-state index < -0.39 is 16.8 Å². The second-order valence-corrected chi connectivity index (χ2v) is 10.8. The maximum atomic E-state index is 15.7. The summed E-state index contributed by atoms with van der Waals surface area (Å²) in [7, 11) is 0.208. The molecule has 0 radical (unpaired) electrons. The van der Waals surface area contributed by atoms with Crippen LogP contribution in [-0.4, -0.2) is 63.5 Å². The topological polar surface area (TPSA) is 105 Å². The lowest BCUT2D eigenvalue weighted by atomic mass is 10.0. The number of hydrogen-bond acceptors (Lipinski definition) is 7. The van der Waals surface area contributed by atoms with E-state index in [-0.39, 0.29) is 5.69 Å². The van der Waals surface area contributed by atoms with Crippen LogP contribution >= 0.6 is 0 Å². The SMILES string of the molecule is CCCS(=O)Nc1cccc(-c2cc(OC)c3nc(-c4cccc5[nH]ncc45)nc(N4CCOCC4)c3c2)c1F. The van der Waals surface area contributed by atoms with E-state index in [0.717, 1.165) is 34.1 Å². The summed E-state index contributed by atoms with van der Waals surface area (Å²) >= 11 is 0. The summed E-state index contributed by atoms with van der Waals surface area (Å²) < 4.78 is 42.3. The van der Waals surface area contributed by atoms with Crippen LogP contribution in [0.4, 0.5) is 15.9 Å². The third-order valence-electron chi connectivity index (χ3n) is 6.92. The van der Waals surface area contributed by atoms with Crippen LogP contribution in [0.1, 0.15) is 13.3 Å². The number of halogens is 1. The Kier molecular flexibility index (Phi) is 7.31. The minimum absolute atomic E-state index is 0.191. The van der Waals surface area contributed by atoms with Gasteiger partial charge in [0, 0.05) is 40.7 Å². The van der Waals surface area contributed by atoms with Gasteiger partial charge in [-0.05, 0) is 36.2 Å². The first-order valence-corrected chi connectivity index (χ1v) is 14.5. The molecule has 2 aromatic heterocycles. The van der Waals surface area contributed by atoms with Crippen molar-refractivity contribution in [3.05, 3.63) is 60.5 Å². The highest BCUT2D eigenvalue weighted by molar-refractivity contribution is 7.86. The van der Waals surface area contributed by atoms with Crippen molar-refractivity contribution in [1.29, 1.82) is 0 Å². The second kappa shape index (κ2) is 11.2. The lowest BCUT2D eigenvalue weighted by Crippen LogP contribution is -2.37. The smallest absolute Gasteiger partial charge is 0.163 e. The highest BCUT2D eigenvalue weighted by Gasteiger charge is 2.23. The molecule has 1 atom stereocenters. The molecule has 3 aromatic carbocycles. The number of ether oxygens (including phenoxy) is 2. The number of fused-ring (bicyclic) bond motifs is 2. The summed E-state index contributed by atoms with van der Waals surface area (Å²) in [5, 5.41) is 8.85. The standard InChI is InChI=1S/C29H29FN6O3S/c1-3-14-40(37)35-24-9-4-6-19(26(24)30)18-15-21-27(25(16-18)38-2)32-28(33-29(21)36-10-12-39-13-11-36)20-7-5-8-23-22(20)17-31-34-23/h4-9,15-17,35H,3,10-14H2,1-2H3,(H,31,34). The van der Waals surface area contributed by atoms with Gasteiger partial charge in [0.2, 0.25) is 0 Å². The van der Waals surface area contributed by atoms with Gasteiger partial charge in [-0.2, -0.15) is 5.10 Å². The van der Waals surface area contributed by atoms with Gasteiger partial charge in [0.1, 0.15) is 28.1 Å². The van der Waals surface area contributed by atoms with Gasteiger partial charge in [-0.15, -0.1) is 0 Å². The van der Waals surface area contributed by atoms with E-state index in [9.17, 15) is 4.21 Å². The lowest BCUT2D eigenvalue weighted by molar-refractivity contribution is 0.122. The fourth-order valence-electron chi connectivity index (χ4n) is 4.99. The van der Waals surface area contributed by atoms with E-state index in [1.54, 1.807) is 37.6 Å². The van der Waals surface area contributed by atoms with Crippen molar-refractivity contribution in [1.82, 2.24) is 20.2 Å². The summed E-state index contributed by atoms with van der Waals surface area (Å²) in [6.45, 7) is 4.40. The van der Waals surface area contributed by atoms with Gasteiger partial charge in [0.25, 0.3) is 0 Å². The normalized spacial score (nSPS) is 14.5. The molecule has 1 saturated heterocycles. The molecule has 9 nitrogen and oxygen atoms in total. The monoisotopic (exact) mass is 560 g/mol. The van der Waals surface area contributed by atoms with Crippen molar-refractivity contribution in [2.24, 2.45) is 0 Å². The Morgan fingerprint density at radius 2 is 1.90 bits per heavy atom. The Morgan fingerprint density at radius 3 is 2.70 bits per heavy atom. The summed E-state index contributed by atoms with van der Waals surface area (Å²) in [5.41, 5.74) is 3.51. The van der Waals surface area contributed by atoms with Crippen LogP contribution in [0.5, 0.6) is 5.75 Å². The molecule has 1 fully saturated rings. The van der Waals surface area contributed by atoms with Crippen LogP contribution in [0.25, 0.3) is 44.3 Å². The van der Waals surface area contributed by atoms with Gasteiger partial charge in [-0.1, -0.05) is 31.2 Å². The molecule has 0 amide bonds. The summed E-state index contributed by atoms with van der Waals surface area (Å²) in [6, 6.07) is 14.6. The molecule has 6 rings (SSSR count). The van der Waals surface area contributed by atoms with Gasteiger partial charge < -0.3 is 19.1 Å². The van der Waals surface area contributed by atoms with Crippen LogP contribution in [0.15, 0.2) is 54.7 Å². The molecule has 2 N–H and O–H groups in total. The van der Waals surface area contributed by atoms with Crippen LogP contribution < -0.4 is 14.4 Å². The number of morpholine rings is 1. The highest BCUT2D eigenvalue weighted by Crippen LogP contribution is 2.39. The number of rotatable bonds is 8. The molecule has 1 aliphatic heterocycles. The van der Waals surface area contributed by atoms with Crippen molar-refractivity contribution in [2.45, 2.75) is 13.3 Å². The summed E-state index contributed by atoms with van der Waals surface area (Å²) in [5.74, 6) is 1.72. The molecular formula is C29H29FN6O3S. The number of hydrogen-bond donors (Lipinski definition) is 2. The predicted octanol–water partition coefficient (Wildman–Crippen LogP) is 5.31. The minimum Gasteiger partial charge on any atom is -0.494 e. The highest BCUT2D eigenvalue weighted by atomic mass is 32.2. The molecule has 5 aromatic rings. The van der Waals surface area contributed by atoms with Gasteiger partial charge >= 0.3 is 0 Å². The maximum Gasteiger partial charge on any atom is 0.163 e.